The molecule has 0 radical (unpaired) electrons. The molecular formula is C34H35F3N6O4. The molecule has 1 saturated heterocycles. The van der Waals surface area contributed by atoms with Crippen molar-refractivity contribution < 1.29 is 32.2 Å². The van der Waals surface area contributed by atoms with Crippen molar-refractivity contribution in [3.8, 4) is 22.9 Å². The Morgan fingerprint density at radius 3 is 2.57 bits per heavy atom. The summed E-state index contributed by atoms with van der Waals surface area (Å²) in [7, 11) is 0. The Morgan fingerprint density at radius 2 is 1.81 bits per heavy atom. The number of aryl methyl sites for hydroxylation is 1. The fourth-order valence-electron chi connectivity index (χ4n) is 5.14. The van der Waals surface area contributed by atoms with Crippen molar-refractivity contribution in [1.29, 1.82) is 0 Å². The number of pyridine rings is 1. The number of ether oxygens (including phenoxy) is 2. The van der Waals surface area contributed by atoms with Crippen LogP contribution in [0.2, 0.25) is 0 Å². The number of halogens is 3. The zero-order chi connectivity index (χ0) is 33.8. The first-order chi connectivity index (χ1) is 22.3. The van der Waals surface area contributed by atoms with E-state index in [-0.39, 0.29) is 24.1 Å². The zero-order valence-electron chi connectivity index (χ0n) is 26.4. The number of amides is 2. The van der Waals surface area contributed by atoms with E-state index in [0.717, 1.165) is 18.4 Å². The molecule has 5 rings (SSSR count). The number of rotatable bonds is 7. The van der Waals surface area contributed by atoms with Gasteiger partial charge in [0.1, 0.15) is 11.4 Å². The molecule has 1 aliphatic heterocycles. The van der Waals surface area contributed by atoms with Crippen LogP contribution >= 0.6 is 0 Å². The van der Waals surface area contributed by atoms with Gasteiger partial charge in [-0.25, -0.2) is 19.7 Å². The van der Waals surface area contributed by atoms with E-state index in [0.29, 0.717) is 58.6 Å². The van der Waals surface area contributed by atoms with Crippen LogP contribution in [0.4, 0.5) is 29.6 Å². The molecule has 2 aromatic heterocycles. The normalized spacial score (nSPS) is 15.5. The first kappa shape index (κ1) is 33.2. The zero-order valence-corrected chi connectivity index (χ0v) is 26.4. The number of hydrogen-bond acceptors (Lipinski definition) is 8. The molecule has 1 unspecified atom stereocenters. The van der Waals surface area contributed by atoms with Crippen molar-refractivity contribution in [2.24, 2.45) is 0 Å². The standard InChI is InChI=1S/C34H35F3N6O4/c1-21-12-13-23-24(9-5-11-26(23)41-28(44)14-16-34(35,36)37)29(21)46-30-25(10-6-17-38-30)27-15-18-39-31(42-27)40-22-8-7-19-43(20-22)32(45)47-33(2,3)4/h5-6,9-18,22H,7-8,19-20H2,1-4H3,(H,41,44)(H,39,40,42). The van der Waals surface area contributed by atoms with Crippen LogP contribution in [-0.2, 0) is 9.53 Å². The third-order valence-corrected chi connectivity index (χ3v) is 7.20. The van der Waals surface area contributed by atoms with Gasteiger partial charge >= 0.3 is 12.3 Å². The van der Waals surface area contributed by atoms with Crippen LogP contribution in [-0.4, -0.2) is 62.8 Å². The van der Waals surface area contributed by atoms with Gasteiger partial charge in [0.2, 0.25) is 17.7 Å². The Morgan fingerprint density at radius 1 is 1.00 bits per heavy atom. The van der Waals surface area contributed by atoms with E-state index in [4.69, 9.17) is 14.5 Å². The number of carbonyl (C=O) groups is 2. The first-order valence-electron chi connectivity index (χ1n) is 15.1. The van der Waals surface area contributed by atoms with Gasteiger partial charge in [0.05, 0.1) is 11.3 Å². The van der Waals surface area contributed by atoms with E-state index in [1.807, 2.05) is 33.8 Å². The average Bonchev–Trinajstić information content (AvgIpc) is 3.01. The lowest BCUT2D eigenvalue weighted by Gasteiger charge is -2.34. The molecule has 1 atom stereocenters. The molecule has 0 aliphatic carbocycles. The van der Waals surface area contributed by atoms with E-state index in [9.17, 15) is 22.8 Å². The predicted molar refractivity (Wildman–Crippen MR) is 172 cm³/mol. The molecule has 0 saturated carbocycles. The number of carbonyl (C=O) groups excluding carboxylic acids is 2. The molecule has 0 spiro atoms. The Balaban J connectivity index is 1.38. The monoisotopic (exact) mass is 648 g/mol. The Bertz CT molecular complexity index is 1810. The Kier molecular flexibility index (Phi) is 9.64. The van der Waals surface area contributed by atoms with Gasteiger partial charge < -0.3 is 25.0 Å². The quantitative estimate of drug-likeness (QED) is 0.196. The number of allylic oxidation sites excluding steroid dienone is 1. The van der Waals surface area contributed by atoms with Crippen molar-refractivity contribution in [2.45, 2.75) is 58.4 Å². The first-order valence-corrected chi connectivity index (χ1v) is 15.1. The van der Waals surface area contributed by atoms with Crippen molar-refractivity contribution >= 4 is 34.4 Å². The van der Waals surface area contributed by atoms with Crippen LogP contribution in [0.15, 0.2) is 73.1 Å². The summed E-state index contributed by atoms with van der Waals surface area (Å²) >= 11 is 0. The fraction of sp³-hybridized carbons (Fsp3) is 0.324. The molecule has 13 heteroatoms. The summed E-state index contributed by atoms with van der Waals surface area (Å²) < 4.78 is 49.6. The number of likely N-dealkylation sites (tertiary alicyclic amines) is 1. The Labute approximate surface area is 270 Å². The maximum atomic E-state index is 12.6. The van der Waals surface area contributed by atoms with Crippen LogP contribution in [0.25, 0.3) is 22.0 Å². The number of piperidine rings is 1. The van der Waals surface area contributed by atoms with Gasteiger partial charge in [0, 0.05) is 60.1 Å². The van der Waals surface area contributed by atoms with Gasteiger partial charge in [-0.2, -0.15) is 13.2 Å². The van der Waals surface area contributed by atoms with Gasteiger partial charge in [-0.05, 0) is 70.4 Å². The molecule has 2 aromatic carbocycles. The molecule has 4 aromatic rings. The van der Waals surface area contributed by atoms with E-state index in [2.05, 4.69) is 20.6 Å². The second kappa shape index (κ2) is 13.7. The summed E-state index contributed by atoms with van der Waals surface area (Å²) in [4.78, 5) is 40.1. The van der Waals surface area contributed by atoms with E-state index in [1.54, 1.807) is 59.8 Å². The minimum absolute atomic E-state index is 0.0758. The van der Waals surface area contributed by atoms with Crippen LogP contribution in [0.3, 0.4) is 0 Å². The minimum atomic E-state index is -4.60. The lowest BCUT2D eigenvalue weighted by Crippen LogP contribution is -2.47. The van der Waals surface area contributed by atoms with Gasteiger partial charge in [-0.15, -0.1) is 0 Å². The van der Waals surface area contributed by atoms with E-state index in [1.165, 1.54) is 0 Å². The van der Waals surface area contributed by atoms with Crippen molar-refractivity contribution in [2.75, 3.05) is 23.7 Å². The third-order valence-electron chi connectivity index (χ3n) is 7.20. The van der Waals surface area contributed by atoms with Crippen molar-refractivity contribution in [1.82, 2.24) is 19.9 Å². The van der Waals surface area contributed by atoms with Crippen LogP contribution in [0.5, 0.6) is 11.6 Å². The van der Waals surface area contributed by atoms with Crippen LogP contribution in [0.1, 0.15) is 39.2 Å². The summed E-state index contributed by atoms with van der Waals surface area (Å²) in [5.41, 5.74) is 1.65. The molecular weight excluding hydrogens is 613 g/mol. The maximum Gasteiger partial charge on any atom is 0.410 e. The van der Waals surface area contributed by atoms with Crippen molar-refractivity contribution in [3.05, 3.63) is 78.6 Å². The Hall–Kier alpha value is -5.20. The van der Waals surface area contributed by atoms with Gasteiger partial charge in [-0.3, -0.25) is 4.79 Å². The second-order valence-electron chi connectivity index (χ2n) is 12.1. The fourth-order valence-corrected chi connectivity index (χ4v) is 5.14. The van der Waals surface area contributed by atoms with Gasteiger partial charge in [0.25, 0.3) is 0 Å². The number of nitrogens with zero attached hydrogens (tertiary/aromatic N) is 4. The van der Waals surface area contributed by atoms with Crippen LogP contribution in [0, 0.1) is 6.92 Å². The highest BCUT2D eigenvalue weighted by Gasteiger charge is 2.28. The number of benzene rings is 2. The molecule has 2 amide bonds. The van der Waals surface area contributed by atoms with Gasteiger partial charge in [0.15, 0.2) is 0 Å². The number of aromatic nitrogens is 3. The summed E-state index contributed by atoms with van der Waals surface area (Å²) in [6, 6.07) is 13.9. The molecule has 47 heavy (non-hydrogen) atoms. The molecule has 3 heterocycles. The molecule has 2 N–H and O–H groups in total. The summed E-state index contributed by atoms with van der Waals surface area (Å²) in [5, 5.41) is 7.05. The largest absolute Gasteiger partial charge is 0.444 e. The maximum absolute atomic E-state index is 12.6. The summed E-state index contributed by atoms with van der Waals surface area (Å²) in [6.07, 6.45) is 0.220. The molecule has 10 nitrogen and oxygen atoms in total. The second-order valence-corrected chi connectivity index (χ2v) is 12.1. The summed E-state index contributed by atoms with van der Waals surface area (Å²) in [5.74, 6) is 0.198. The lowest BCUT2D eigenvalue weighted by molar-refractivity contribution is -0.112. The molecule has 1 aliphatic rings. The molecule has 246 valence electrons. The predicted octanol–water partition coefficient (Wildman–Crippen LogP) is 7.66. The van der Waals surface area contributed by atoms with Crippen molar-refractivity contribution in [3.63, 3.8) is 0 Å². The van der Waals surface area contributed by atoms with E-state index >= 15 is 0 Å². The number of nitrogens with one attached hydrogen (secondary N) is 2. The number of alkyl halides is 3. The highest BCUT2D eigenvalue weighted by molar-refractivity contribution is 6.07. The summed E-state index contributed by atoms with van der Waals surface area (Å²) in [6.45, 7) is 8.42. The minimum Gasteiger partial charge on any atom is -0.444 e. The highest BCUT2D eigenvalue weighted by atomic mass is 19.4. The smallest absolute Gasteiger partial charge is 0.410 e. The lowest BCUT2D eigenvalue weighted by atomic mass is 10.0. The highest BCUT2D eigenvalue weighted by Crippen LogP contribution is 2.38. The third kappa shape index (κ3) is 8.75. The van der Waals surface area contributed by atoms with Crippen LogP contribution < -0.4 is 15.4 Å². The molecule has 0 bridgehead atoms. The SMILES string of the molecule is Cc1ccc2c(NC(=O)C=CC(F)(F)F)cccc2c1Oc1ncccc1-c1ccnc(NC2CCCN(C(=O)OC(C)(C)C)C2)n1. The number of fused-ring (bicyclic) bond motifs is 1. The topological polar surface area (TPSA) is 119 Å². The number of hydrogen-bond donors (Lipinski definition) is 2. The number of anilines is 2. The van der Waals surface area contributed by atoms with Gasteiger partial charge in [-0.1, -0.05) is 24.3 Å². The molecule has 1 fully saturated rings. The van der Waals surface area contributed by atoms with E-state index < -0.39 is 17.7 Å². The average molecular weight is 649 g/mol.